The number of aromatic nitrogens is 1. The normalized spacial score (nSPS) is 16.8. The smallest absolute Gasteiger partial charge is 0.417 e. The minimum absolute atomic E-state index is 0.190. The highest BCUT2D eigenvalue weighted by atomic mass is 16.6. The molecular formula is C18H18N2O4. The largest absolute Gasteiger partial charge is 0.495 e. The van der Waals surface area contributed by atoms with Crippen LogP contribution in [-0.4, -0.2) is 35.6 Å². The highest BCUT2D eigenvalue weighted by Gasteiger charge is 2.38. The minimum atomic E-state index is -0.586. The number of amides is 2. The molecule has 1 unspecified atom stereocenters. The van der Waals surface area contributed by atoms with Crippen molar-refractivity contribution in [2.24, 2.45) is 0 Å². The molecule has 2 aromatic rings. The third kappa shape index (κ3) is 3.37. The SMILES string of the molecule is COc1cncc(CCC(=O)N2C(=O)OCC2c2ccccc2)c1. The van der Waals surface area contributed by atoms with E-state index in [0.717, 1.165) is 11.1 Å². The van der Waals surface area contributed by atoms with E-state index in [1.165, 1.54) is 4.90 Å². The summed E-state index contributed by atoms with van der Waals surface area (Å²) in [5.74, 6) is 0.386. The average Bonchev–Trinajstić information content (AvgIpc) is 3.02. The van der Waals surface area contributed by atoms with E-state index in [1.807, 2.05) is 36.4 Å². The number of methoxy groups -OCH3 is 1. The van der Waals surface area contributed by atoms with Crippen LogP contribution >= 0.6 is 0 Å². The number of hydrogen-bond donors (Lipinski definition) is 0. The summed E-state index contributed by atoms with van der Waals surface area (Å²) in [6.07, 6.45) is 3.39. The van der Waals surface area contributed by atoms with Gasteiger partial charge in [0.05, 0.1) is 13.3 Å². The summed E-state index contributed by atoms with van der Waals surface area (Å²) in [6.45, 7) is 0.190. The van der Waals surface area contributed by atoms with Crippen molar-refractivity contribution in [3.8, 4) is 5.75 Å². The molecule has 2 heterocycles. The minimum Gasteiger partial charge on any atom is -0.495 e. The van der Waals surface area contributed by atoms with Crippen LogP contribution in [0.25, 0.3) is 0 Å². The van der Waals surface area contributed by atoms with Crippen molar-refractivity contribution in [2.75, 3.05) is 13.7 Å². The lowest BCUT2D eigenvalue weighted by molar-refractivity contribution is -0.129. The lowest BCUT2D eigenvalue weighted by Gasteiger charge is -2.19. The highest BCUT2D eigenvalue weighted by Crippen LogP contribution is 2.28. The zero-order valence-electron chi connectivity index (χ0n) is 13.3. The first kappa shape index (κ1) is 16.0. The first-order valence-corrected chi connectivity index (χ1v) is 7.70. The Kier molecular flexibility index (Phi) is 4.74. The van der Waals surface area contributed by atoms with Gasteiger partial charge in [-0.3, -0.25) is 9.78 Å². The number of cyclic esters (lactones) is 1. The number of carbonyl (C=O) groups is 2. The Morgan fingerprint density at radius 1 is 1.33 bits per heavy atom. The van der Waals surface area contributed by atoms with Crippen LogP contribution in [0.5, 0.6) is 5.75 Å². The molecule has 1 aliphatic rings. The van der Waals surface area contributed by atoms with E-state index in [0.29, 0.717) is 12.2 Å². The van der Waals surface area contributed by atoms with E-state index in [4.69, 9.17) is 9.47 Å². The molecule has 0 spiro atoms. The Bertz CT molecular complexity index is 733. The fourth-order valence-corrected chi connectivity index (χ4v) is 2.70. The quantitative estimate of drug-likeness (QED) is 0.845. The molecule has 6 heteroatoms. The molecule has 124 valence electrons. The fraction of sp³-hybridized carbons (Fsp3) is 0.278. The summed E-state index contributed by atoms with van der Waals surface area (Å²) in [4.78, 5) is 29.8. The van der Waals surface area contributed by atoms with Gasteiger partial charge >= 0.3 is 6.09 Å². The van der Waals surface area contributed by atoms with E-state index < -0.39 is 6.09 Å². The molecular weight excluding hydrogens is 308 g/mol. The summed E-state index contributed by atoms with van der Waals surface area (Å²) >= 11 is 0. The van der Waals surface area contributed by atoms with Crippen molar-refractivity contribution in [2.45, 2.75) is 18.9 Å². The number of rotatable bonds is 5. The maximum Gasteiger partial charge on any atom is 0.417 e. The molecule has 2 amide bonds. The van der Waals surface area contributed by atoms with E-state index in [-0.39, 0.29) is 25.0 Å². The van der Waals surface area contributed by atoms with Crippen molar-refractivity contribution < 1.29 is 19.1 Å². The third-order valence-electron chi connectivity index (χ3n) is 3.96. The van der Waals surface area contributed by atoms with Gasteiger partial charge in [0.15, 0.2) is 0 Å². The molecule has 1 fully saturated rings. The average molecular weight is 326 g/mol. The van der Waals surface area contributed by atoms with Gasteiger partial charge in [-0.25, -0.2) is 9.69 Å². The Balaban J connectivity index is 1.69. The van der Waals surface area contributed by atoms with Crippen LogP contribution < -0.4 is 4.74 Å². The van der Waals surface area contributed by atoms with Crippen molar-refractivity contribution >= 4 is 12.0 Å². The summed E-state index contributed by atoms with van der Waals surface area (Å²) in [5.41, 5.74) is 1.77. The third-order valence-corrected chi connectivity index (χ3v) is 3.96. The first-order chi connectivity index (χ1) is 11.7. The van der Waals surface area contributed by atoms with Gasteiger partial charge in [-0.1, -0.05) is 30.3 Å². The number of aryl methyl sites for hydroxylation is 1. The van der Waals surface area contributed by atoms with Gasteiger partial charge in [-0.2, -0.15) is 0 Å². The van der Waals surface area contributed by atoms with E-state index in [9.17, 15) is 9.59 Å². The van der Waals surface area contributed by atoms with Crippen LogP contribution in [0.4, 0.5) is 4.79 Å². The second-order valence-corrected chi connectivity index (χ2v) is 5.50. The maximum atomic E-state index is 12.5. The fourth-order valence-electron chi connectivity index (χ4n) is 2.70. The van der Waals surface area contributed by atoms with E-state index in [2.05, 4.69) is 4.98 Å². The van der Waals surface area contributed by atoms with Crippen LogP contribution in [0, 0.1) is 0 Å². The zero-order valence-corrected chi connectivity index (χ0v) is 13.3. The summed E-state index contributed by atoms with van der Waals surface area (Å²) in [5, 5.41) is 0. The molecule has 0 N–H and O–H groups in total. The van der Waals surface area contributed by atoms with Crippen LogP contribution in [-0.2, 0) is 16.0 Å². The summed E-state index contributed by atoms with van der Waals surface area (Å²) < 4.78 is 10.2. The van der Waals surface area contributed by atoms with Gasteiger partial charge in [0.2, 0.25) is 5.91 Å². The lowest BCUT2D eigenvalue weighted by Crippen LogP contribution is -2.34. The predicted molar refractivity (Wildman–Crippen MR) is 86.5 cm³/mol. The van der Waals surface area contributed by atoms with Gasteiger partial charge in [-0.15, -0.1) is 0 Å². The molecule has 1 atom stereocenters. The van der Waals surface area contributed by atoms with Gasteiger partial charge in [-0.05, 0) is 23.6 Å². The summed E-state index contributed by atoms with van der Waals surface area (Å²) in [6, 6.07) is 10.9. The number of pyridine rings is 1. The zero-order chi connectivity index (χ0) is 16.9. The van der Waals surface area contributed by atoms with Gasteiger partial charge < -0.3 is 9.47 Å². The van der Waals surface area contributed by atoms with E-state index in [1.54, 1.807) is 19.5 Å². The Labute approximate surface area is 140 Å². The van der Waals surface area contributed by atoms with Crippen LogP contribution in [0.2, 0.25) is 0 Å². The molecule has 1 aromatic heterocycles. The topological polar surface area (TPSA) is 68.7 Å². The van der Waals surface area contributed by atoms with Crippen LogP contribution in [0.15, 0.2) is 48.8 Å². The van der Waals surface area contributed by atoms with Crippen LogP contribution in [0.3, 0.4) is 0 Å². The van der Waals surface area contributed by atoms with Gasteiger partial charge in [0, 0.05) is 12.6 Å². The molecule has 1 aliphatic heterocycles. The first-order valence-electron chi connectivity index (χ1n) is 7.70. The molecule has 0 saturated carbocycles. The number of carbonyl (C=O) groups excluding carboxylic acids is 2. The van der Waals surface area contributed by atoms with Crippen molar-refractivity contribution in [3.63, 3.8) is 0 Å². The number of nitrogens with zero attached hydrogens (tertiary/aromatic N) is 2. The standard InChI is InChI=1S/C18H18N2O4/c1-23-15-9-13(10-19-11-15)7-8-17(21)20-16(12-24-18(20)22)14-5-3-2-4-6-14/h2-6,9-11,16H,7-8,12H2,1H3. The summed E-state index contributed by atoms with van der Waals surface area (Å²) in [7, 11) is 1.57. The number of hydrogen-bond acceptors (Lipinski definition) is 5. The predicted octanol–water partition coefficient (Wildman–Crippen LogP) is 2.74. The molecule has 3 rings (SSSR count). The maximum absolute atomic E-state index is 12.5. The Morgan fingerprint density at radius 2 is 2.12 bits per heavy atom. The number of imide groups is 1. The second-order valence-electron chi connectivity index (χ2n) is 5.50. The van der Waals surface area contributed by atoms with Crippen LogP contribution in [0.1, 0.15) is 23.6 Å². The van der Waals surface area contributed by atoms with Crippen molar-refractivity contribution in [1.82, 2.24) is 9.88 Å². The molecule has 24 heavy (non-hydrogen) atoms. The van der Waals surface area contributed by atoms with Crippen molar-refractivity contribution in [3.05, 3.63) is 59.9 Å². The van der Waals surface area contributed by atoms with E-state index >= 15 is 0 Å². The molecule has 6 nitrogen and oxygen atoms in total. The second kappa shape index (κ2) is 7.12. The molecule has 0 bridgehead atoms. The number of benzene rings is 1. The highest BCUT2D eigenvalue weighted by molar-refractivity contribution is 5.93. The Hall–Kier alpha value is -2.89. The molecule has 0 aliphatic carbocycles. The monoisotopic (exact) mass is 326 g/mol. The van der Waals surface area contributed by atoms with Gasteiger partial charge in [0.25, 0.3) is 0 Å². The molecule has 1 saturated heterocycles. The van der Waals surface area contributed by atoms with Gasteiger partial charge in [0.1, 0.15) is 18.4 Å². The Morgan fingerprint density at radius 3 is 2.88 bits per heavy atom. The van der Waals surface area contributed by atoms with Crippen molar-refractivity contribution in [1.29, 1.82) is 0 Å². The lowest BCUT2D eigenvalue weighted by atomic mass is 10.1. The molecule has 0 radical (unpaired) electrons. The molecule has 1 aromatic carbocycles. The number of ether oxygens (including phenoxy) is 2.